The molecule has 0 fully saturated rings. The molecule has 0 aromatic heterocycles. The van der Waals surface area contributed by atoms with Crippen LogP contribution in [0.4, 0.5) is 0 Å². The lowest BCUT2D eigenvalue weighted by Crippen LogP contribution is -1.98. The van der Waals surface area contributed by atoms with Crippen molar-refractivity contribution < 1.29 is 14.2 Å². The summed E-state index contributed by atoms with van der Waals surface area (Å²) in [5.74, 6) is 1.62. The molecule has 2 aromatic rings. The van der Waals surface area contributed by atoms with Crippen molar-refractivity contribution in [1.82, 2.24) is 0 Å². The summed E-state index contributed by atoms with van der Waals surface area (Å²) in [6.45, 7) is 2.88. The Labute approximate surface area is 134 Å². The second-order valence-electron chi connectivity index (χ2n) is 4.61. The first-order valence-electron chi connectivity index (χ1n) is 6.85. The van der Waals surface area contributed by atoms with Crippen LogP contribution in [0.1, 0.15) is 18.1 Å². The van der Waals surface area contributed by atoms with Gasteiger partial charge in [0.2, 0.25) is 0 Å². The highest BCUT2D eigenvalue weighted by molar-refractivity contribution is 9.10. The Bertz CT molecular complexity index is 567. The van der Waals surface area contributed by atoms with Crippen LogP contribution in [0, 0.1) is 0 Å². The second-order valence-corrected chi connectivity index (χ2v) is 5.46. The second kappa shape index (κ2) is 8.17. The number of hydrogen-bond donors (Lipinski definition) is 0. The van der Waals surface area contributed by atoms with Crippen molar-refractivity contribution in [3.63, 3.8) is 0 Å². The van der Waals surface area contributed by atoms with E-state index < -0.39 is 0 Å². The van der Waals surface area contributed by atoms with Gasteiger partial charge >= 0.3 is 0 Å². The number of rotatable bonds is 7. The molecule has 112 valence electrons. The molecule has 3 nitrogen and oxygen atoms in total. The van der Waals surface area contributed by atoms with Gasteiger partial charge in [-0.1, -0.05) is 35.0 Å². The van der Waals surface area contributed by atoms with Crippen LogP contribution < -0.4 is 4.74 Å². The minimum atomic E-state index is 0.274. The molecule has 4 heteroatoms. The van der Waals surface area contributed by atoms with Gasteiger partial charge in [0, 0.05) is 11.6 Å². The van der Waals surface area contributed by atoms with Crippen LogP contribution in [0.5, 0.6) is 11.5 Å². The molecular formula is C17H19BrO3. The molecule has 0 saturated heterocycles. The Hall–Kier alpha value is -1.36. The third-order valence-electron chi connectivity index (χ3n) is 3.04. The number of benzene rings is 2. The van der Waals surface area contributed by atoms with Gasteiger partial charge in [-0.15, -0.1) is 0 Å². The molecule has 2 rings (SSSR count). The van der Waals surface area contributed by atoms with E-state index >= 15 is 0 Å². The van der Waals surface area contributed by atoms with E-state index in [1.165, 1.54) is 5.56 Å². The zero-order valence-corrected chi connectivity index (χ0v) is 13.9. The van der Waals surface area contributed by atoms with Crippen molar-refractivity contribution in [2.24, 2.45) is 0 Å². The topological polar surface area (TPSA) is 27.7 Å². The van der Waals surface area contributed by atoms with Crippen molar-refractivity contribution in [1.29, 1.82) is 0 Å². The minimum Gasteiger partial charge on any atom is -0.457 e. The van der Waals surface area contributed by atoms with Crippen LogP contribution in [0.15, 0.2) is 46.9 Å². The molecule has 0 amide bonds. The largest absolute Gasteiger partial charge is 0.457 e. The zero-order valence-electron chi connectivity index (χ0n) is 12.3. The van der Waals surface area contributed by atoms with Crippen molar-refractivity contribution in [2.75, 3.05) is 13.9 Å². The molecule has 0 unspecified atom stereocenters. The van der Waals surface area contributed by atoms with E-state index in [2.05, 4.69) is 35.0 Å². The first-order valence-corrected chi connectivity index (χ1v) is 7.64. The average molecular weight is 351 g/mol. The summed E-state index contributed by atoms with van der Waals surface area (Å²) in [7, 11) is 1.61. The number of hydrogen-bond acceptors (Lipinski definition) is 3. The van der Waals surface area contributed by atoms with E-state index in [1.807, 2.05) is 30.3 Å². The first-order chi connectivity index (χ1) is 10.2. The fourth-order valence-electron chi connectivity index (χ4n) is 1.89. The monoisotopic (exact) mass is 350 g/mol. The maximum absolute atomic E-state index is 5.87. The molecule has 0 radical (unpaired) electrons. The summed E-state index contributed by atoms with van der Waals surface area (Å²) in [6, 6.07) is 14.0. The van der Waals surface area contributed by atoms with Crippen LogP contribution in [-0.2, 0) is 22.5 Å². The van der Waals surface area contributed by atoms with Crippen molar-refractivity contribution >= 4 is 15.9 Å². The van der Waals surface area contributed by atoms with Crippen LogP contribution in [0.3, 0.4) is 0 Å². The van der Waals surface area contributed by atoms with Crippen LogP contribution in [0.2, 0.25) is 0 Å². The number of ether oxygens (including phenoxy) is 3. The van der Waals surface area contributed by atoms with Crippen molar-refractivity contribution in [2.45, 2.75) is 20.0 Å². The maximum atomic E-state index is 5.87. The summed E-state index contributed by atoms with van der Waals surface area (Å²) in [6.07, 6.45) is 1.03. The minimum absolute atomic E-state index is 0.274. The Kier molecular flexibility index (Phi) is 6.23. The molecule has 0 atom stereocenters. The molecular weight excluding hydrogens is 332 g/mol. The maximum Gasteiger partial charge on any atom is 0.146 e. The number of aryl methyl sites for hydroxylation is 1. The fourth-order valence-corrected chi connectivity index (χ4v) is 2.25. The molecule has 0 heterocycles. The van der Waals surface area contributed by atoms with Gasteiger partial charge in [0.1, 0.15) is 18.3 Å². The Balaban J connectivity index is 2.06. The average Bonchev–Trinajstić information content (AvgIpc) is 2.51. The molecule has 0 aliphatic heterocycles. The van der Waals surface area contributed by atoms with Gasteiger partial charge in [0.15, 0.2) is 0 Å². The van der Waals surface area contributed by atoms with Gasteiger partial charge < -0.3 is 14.2 Å². The van der Waals surface area contributed by atoms with Gasteiger partial charge in [-0.2, -0.15) is 0 Å². The van der Waals surface area contributed by atoms with E-state index in [4.69, 9.17) is 14.2 Å². The van der Waals surface area contributed by atoms with Gasteiger partial charge in [0.25, 0.3) is 0 Å². The Morgan fingerprint density at radius 2 is 1.71 bits per heavy atom. The fraction of sp³-hybridized carbons (Fsp3) is 0.294. The standard InChI is InChI=1S/C17H19BrO3/c1-3-13-4-6-15(7-5-13)21-16-8-9-17(18)14(10-16)11-20-12-19-2/h4-10H,3,11-12H2,1-2H3. The zero-order chi connectivity index (χ0) is 15.1. The predicted molar refractivity (Wildman–Crippen MR) is 86.7 cm³/mol. The van der Waals surface area contributed by atoms with E-state index in [-0.39, 0.29) is 6.79 Å². The molecule has 2 aromatic carbocycles. The number of halogens is 1. The highest BCUT2D eigenvalue weighted by Crippen LogP contribution is 2.27. The summed E-state index contributed by atoms with van der Waals surface area (Å²) >= 11 is 3.51. The van der Waals surface area contributed by atoms with E-state index in [0.29, 0.717) is 6.61 Å². The Morgan fingerprint density at radius 1 is 1.00 bits per heavy atom. The van der Waals surface area contributed by atoms with Gasteiger partial charge in [-0.3, -0.25) is 0 Å². The highest BCUT2D eigenvalue weighted by atomic mass is 79.9. The van der Waals surface area contributed by atoms with Crippen LogP contribution in [-0.4, -0.2) is 13.9 Å². The lowest BCUT2D eigenvalue weighted by molar-refractivity contribution is -0.0392. The lowest BCUT2D eigenvalue weighted by atomic mass is 10.2. The molecule has 0 bridgehead atoms. The SMILES string of the molecule is CCc1ccc(Oc2ccc(Br)c(COCOC)c2)cc1. The highest BCUT2D eigenvalue weighted by Gasteiger charge is 2.04. The normalized spacial score (nSPS) is 10.6. The van der Waals surface area contributed by atoms with Crippen LogP contribution in [0.25, 0.3) is 0 Å². The quantitative estimate of drug-likeness (QED) is 0.523. The summed E-state index contributed by atoms with van der Waals surface area (Å²) < 4.78 is 17.1. The molecule has 0 aliphatic rings. The lowest BCUT2D eigenvalue weighted by Gasteiger charge is -2.10. The Morgan fingerprint density at radius 3 is 2.38 bits per heavy atom. The summed E-state index contributed by atoms with van der Waals surface area (Å²) in [5.41, 5.74) is 2.32. The smallest absolute Gasteiger partial charge is 0.146 e. The van der Waals surface area contributed by atoms with Gasteiger partial charge in [0.05, 0.1) is 6.61 Å². The van der Waals surface area contributed by atoms with E-state index in [9.17, 15) is 0 Å². The van der Waals surface area contributed by atoms with Crippen LogP contribution >= 0.6 is 15.9 Å². The first kappa shape index (κ1) is 16.0. The van der Waals surface area contributed by atoms with E-state index in [0.717, 1.165) is 28.0 Å². The summed E-state index contributed by atoms with van der Waals surface area (Å²) in [4.78, 5) is 0. The molecule has 0 saturated carbocycles. The molecule has 21 heavy (non-hydrogen) atoms. The van der Waals surface area contributed by atoms with Crippen molar-refractivity contribution in [3.8, 4) is 11.5 Å². The van der Waals surface area contributed by atoms with Gasteiger partial charge in [-0.05, 0) is 47.9 Å². The summed E-state index contributed by atoms with van der Waals surface area (Å²) in [5, 5.41) is 0. The third kappa shape index (κ3) is 4.84. The predicted octanol–water partition coefficient (Wildman–Crippen LogP) is 4.92. The van der Waals surface area contributed by atoms with Crippen molar-refractivity contribution in [3.05, 3.63) is 58.1 Å². The molecule has 0 aliphatic carbocycles. The molecule has 0 spiro atoms. The molecule has 0 N–H and O–H groups in total. The number of methoxy groups -OCH3 is 1. The van der Waals surface area contributed by atoms with E-state index in [1.54, 1.807) is 7.11 Å². The van der Waals surface area contributed by atoms with Gasteiger partial charge in [-0.25, -0.2) is 0 Å². The third-order valence-corrected chi connectivity index (χ3v) is 3.82.